The van der Waals surface area contributed by atoms with Crippen LogP contribution in [0.4, 0.5) is 4.79 Å². The lowest BCUT2D eigenvalue weighted by Gasteiger charge is -2.47. The fourth-order valence-electron chi connectivity index (χ4n) is 9.43. The lowest BCUT2D eigenvalue weighted by atomic mass is 9.73. The Morgan fingerprint density at radius 3 is 2.36 bits per heavy atom. The van der Waals surface area contributed by atoms with Gasteiger partial charge < -0.3 is 43.2 Å². The molecule has 3 fully saturated rings. The summed E-state index contributed by atoms with van der Waals surface area (Å²) in [5.74, 6) is -4.95. The molecular weight excluding hydrogens is 746 g/mol. The van der Waals surface area contributed by atoms with Gasteiger partial charge in [0.2, 0.25) is 0 Å². The first-order chi connectivity index (χ1) is 27.4. The number of aryl methyl sites for hydroxylation is 1. The molecule has 5 heterocycles. The van der Waals surface area contributed by atoms with Gasteiger partial charge in [-0.1, -0.05) is 27.7 Å². The van der Waals surface area contributed by atoms with Gasteiger partial charge in [-0.25, -0.2) is 9.78 Å². The summed E-state index contributed by atoms with van der Waals surface area (Å²) in [6.45, 7) is 14.9. The van der Waals surface area contributed by atoms with Crippen molar-refractivity contribution in [2.24, 2.45) is 23.7 Å². The van der Waals surface area contributed by atoms with Crippen molar-refractivity contribution in [3.8, 4) is 11.3 Å². The second-order valence-corrected chi connectivity index (χ2v) is 17.3. The molecule has 2 aromatic heterocycles. The number of ketones is 2. The maximum atomic E-state index is 14.7. The van der Waals surface area contributed by atoms with Crippen molar-refractivity contribution in [3.63, 3.8) is 0 Å². The maximum absolute atomic E-state index is 14.7. The Hall–Kier alpha value is -3.76. The molecule has 3 saturated heterocycles. The quantitative estimate of drug-likeness (QED) is 0.184. The summed E-state index contributed by atoms with van der Waals surface area (Å²) in [4.78, 5) is 69.0. The Bertz CT molecular complexity index is 1740. The van der Waals surface area contributed by atoms with Crippen molar-refractivity contribution < 1.29 is 48.0 Å². The number of fused-ring (bicyclic) bond motifs is 1. The van der Waals surface area contributed by atoms with Gasteiger partial charge in [-0.15, -0.1) is 0 Å². The average Bonchev–Trinajstić information content (AvgIpc) is 3.78. The van der Waals surface area contributed by atoms with Crippen molar-refractivity contribution in [3.05, 3.63) is 37.1 Å². The summed E-state index contributed by atoms with van der Waals surface area (Å²) in [7, 11) is 5.24. The number of hydrogen-bond acceptors (Lipinski definition) is 13. The Kier molecular flexibility index (Phi) is 14.6. The number of ether oxygens (including phenoxy) is 5. The van der Waals surface area contributed by atoms with Crippen molar-refractivity contribution in [1.82, 2.24) is 24.3 Å². The minimum absolute atomic E-state index is 0.130. The Labute approximate surface area is 343 Å². The van der Waals surface area contributed by atoms with E-state index in [0.29, 0.717) is 32.4 Å². The van der Waals surface area contributed by atoms with Gasteiger partial charge in [0.25, 0.3) is 0 Å². The fourth-order valence-corrected chi connectivity index (χ4v) is 9.43. The van der Waals surface area contributed by atoms with Gasteiger partial charge in [0.1, 0.15) is 23.9 Å². The summed E-state index contributed by atoms with van der Waals surface area (Å²) in [6.07, 6.45) is 4.45. The summed E-state index contributed by atoms with van der Waals surface area (Å²) >= 11 is 0. The zero-order chi connectivity index (χ0) is 42.7. The molecule has 322 valence electrons. The van der Waals surface area contributed by atoms with E-state index in [2.05, 4.69) is 9.97 Å². The van der Waals surface area contributed by atoms with Gasteiger partial charge in [0.15, 0.2) is 17.7 Å². The monoisotopic (exact) mass is 811 g/mol. The number of hydrogen-bond donors (Lipinski definition) is 1. The minimum Gasteiger partial charge on any atom is -0.458 e. The fraction of sp³-hybridized carbons (Fsp3) is 0.721. The van der Waals surface area contributed by atoms with Crippen LogP contribution in [0.2, 0.25) is 0 Å². The molecule has 15 heteroatoms. The highest BCUT2D eigenvalue weighted by Gasteiger charge is 2.60. The van der Waals surface area contributed by atoms with Crippen LogP contribution in [0.1, 0.15) is 87.5 Å². The molecule has 3 aliphatic rings. The summed E-state index contributed by atoms with van der Waals surface area (Å²) < 4.78 is 33.2. The van der Waals surface area contributed by atoms with E-state index in [0.717, 1.165) is 11.3 Å². The standard InChI is InChI=1S/C43H65N5O10/c1-12-33-43(8)37(48(41(53)58-43)19-14-13-18-47-23-31(45-24-47)30-16-15-17-44-22-30)27(4)34(49)25(2)21-42(7,54-11)38(28(5)35(50)29(6)39(52)56-33)57-40-36(51)32(46(9)10)20-26(3)55-40/h15-17,22-29,32-33,36-38,40,51H,12-14,18-21H2,1-11H3/t25-,26-,27+,28+,29-,32?,33-,36?,37?,38-,40+,42-,43-/m1/s1. The van der Waals surface area contributed by atoms with Crippen molar-refractivity contribution in [2.45, 2.75) is 148 Å². The van der Waals surface area contributed by atoms with Crippen LogP contribution in [0.5, 0.6) is 0 Å². The number of unbranched alkanes of at least 4 members (excludes halogenated alkanes) is 1. The van der Waals surface area contributed by atoms with Gasteiger partial charge in [-0.2, -0.15) is 0 Å². The first kappa shape index (κ1) is 45.3. The van der Waals surface area contributed by atoms with Crippen LogP contribution in [0.3, 0.4) is 0 Å². The van der Waals surface area contributed by atoms with E-state index in [1.165, 1.54) is 14.0 Å². The van der Waals surface area contributed by atoms with Gasteiger partial charge in [0.05, 0.1) is 35.9 Å². The molecule has 0 bridgehead atoms. The number of methoxy groups -OCH3 is 1. The summed E-state index contributed by atoms with van der Waals surface area (Å²) in [5.41, 5.74) is -0.938. The summed E-state index contributed by atoms with van der Waals surface area (Å²) in [5, 5.41) is 11.4. The molecule has 0 radical (unpaired) electrons. The summed E-state index contributed by atoms with van der Waals surface area (Å²) in [6, 6.07) is 2.74. The highest BCUT2D eigenvalue weighted by molar-refractivity contribution is 6.00. The predicted octanol–water partition coefficient (Wildman–Crippen LogP) is 4.93. The first-order valence-corrected chi connectivity index (χ1v) is 20.8. The van der Waals surface area contributed by atoms with Crippen LogP contribution in [-0.4, -0.2) is 135 Å². The van der Waals surface area contributed by atoms with Gasteiger partial charge in [-0.05, 0) is 86.0 Å². The number of esters is 1. The zero-order valence-electron chi connectivity index (χ0n) is 36.1. The molecule has 1 N–H and O–H groups in total. The molecule has 3 aliphatic heterocycles. The number of carbonyl (C=O) groups is 4. The smallest absolute Gasteiger partial charge is 0.410 e. The number of Topliss-reactive ketones (excluding diaryl/α,β-unsaturated/α-hetero) is 2. The third-order valence-electron chi connectivity index (χ3n) is 12.8. The number of nitrogens with zero attached hydrogens (tertiary/aromatic N) is 5. The zero-order valence-corrected chi connectivity index (χ0v) is 36.1. The van der Waals surface area contributed by atoms with Crippen LogP contribution in [0.15, 0.2) is 37.1 Å². The van der Waals surface area contributed by atoms with Crippen LogP contribution >= 0.6 is 0 Å². The number of cyclic esters (lactones) is 1. The molecule has 2 aromatic rings. The Balaban J connectivity index is 1.43. The number of carbonyl (C=O) groups excluding carboxylic acids is 4. The molecule has 15 nitrogen and oxygen atoms in total. The molecule has 13 atom stereocenters. The third-order valence-corrected chi connectivity index (χ3v) is 12.8. The number of amides is 1. The van der Waals surface area contributed by atoms with Crippen LogP contribution in [0.25, 0.3) is 11.3 Å². The molecule has 1 amide bonds. The van der Waals surface area contributed by atoms with E-state index in [1.807, 2.05) is 62.7 Å². The topological polar surface area (TPSA) is 172 Å². The van der Waals surface area contributed by atoms with Gasteiger partial charge in [-0.3, -0.25) is 19.4 Å². The highest BCUT2D eigenvalue weighted by Crippen LogP contribution is 2.43. The first-order valence-electron chi connectivity index (χ1n) is 20.8. The van der Waals surface area contributed by atoms with E-state index in [1.54, 1.807) is 51.3 Å². The average molecular weight is 812 g/mol. The molecule has 0 spiro atoms. The largest absolute Gasteiger partial charge is 0.458 e. The second kappa shape index (κ2) is 18.7. The van der Waals surface area contributed by atoms with E-state index in [4.69, 9.17) is 23.7 Å². The van der Waals surface area contributed by atoms with Crippen molar-refractivity contribution in [1.29, 1.82) is 0 Å². The number of aromatic nitrogens is 3. The number of aliphatic hydroxyl groups excluding tert-OH is 1. The van der Waals surface area contributed by atoms with Crippen LogP contribution < -0.4 is 0 Å². The number of likely N-dealkylation sites (N-methyl/N-ethyl adjacent to an activating group) is 1. The second-order valence-electron chi connectivity index (χ2n) is 17.3. The molecule has 58 heavy (non-hydrogen) atoms. The van der Waals surface area contributed by atoms with E-state index >= 15 is 0 Å². The number of aliphatic hydroxyl groups is 1. The van der Waals surface area contributed by atoms with Crippen molar-refractivity contribution >= 4 is 23.6 Å². The van der Waals surface area contributed by atoms with Crippen molar-refractivity contribution in [2.75, 3.05) is 27.7 Å². The van der Waals surface area contributed by atoms with Gasteiger partial charge in [0, 0.05) is 68.1 Å². The van der Waals surface area contributed by atoms with E-state index in [-0.39, 0.29) is 30.8 Å². The van der Waals surface area contributed by atoms with Gasteiger partial charge >= 0.3 is 12.1 Å². The SMILES string of the molecule is CC[C@H]1OC(=O)[C@H](C)C(=O)[C@H](C)[C@@H](O[C@@H]2O[C@H](C)CC(N(C)C)C2O)[C@](C)(OC)C[C@@H](C)C(=O)[C@H](C)C2N(CCCCn3cnc(-c4cccnc4)c3)C(=O)O[C@@]21C. The maximum Gasteiger partial charge on any atom is 0.410 e. The molecular formula is C43H65N5O10. The normalized spacial score (nSPS) is 36.7. The molecule has 0 aromatic carbocycles. The molecule has 5 rings (SSSR count). The van der Waals surface area contributed by atoms with Crippen LogP contribution in [0, 0.1) is 23.7 Å². The molecule has 0 aliphatic carbocycles. The lowest BCUT2D eigenvalue weighted by molar-refractivity contribution is -0.295. The molecule has 0 saturated carbocycles. The number of pyridine rings is 1. The van der Waals surface area contributed by atoms with E-state index < -0.39 is 83.4 Å². The Morgan fingerprint density at radius 1 is 1.02 bits per heavy atom. The van der Waals surface area contributed by atoms with Crippen LogP contribution in [-0.2, 0) is 44.6 Å². The Morgan fingerprint density at radius 2 is 1.72 bits per heavy atom. The third kappa shape index (κ3) is 9.33. The molecule has 3 unspecified atom stereocenters. The highest BCUT2D eigenvalue weighted by atomic mass is 16.7. The predicted molar refractivity (Wildman–Crippen MR) is 214 cm³/mol. The number of rotatable bonds is 11. The number of imidazole rings is 1. The van der Waals surface area contributed by atoms with E-state index in [9.17, 15) is 24.3 Å². The minimum atomic E-state index is -1.40. The lowest BCUT2D eigenvalue weighted by Crippen LogP contribution is -2.60.